The van der Waals surface area contributed by atoms with Crippen molar-refractivity contribution in [2.75, 3.05) is 17.3 Å². The molecule has 0 saturated heterocycles. The molecular formula is C30H27F6IN6O4S. The van der Waals surface area contributed by atoms with Crippen LogP contribution in [0.3, 0.4) is 0 Å². The molecular weight excluding hydrogens is 781 g/mol. The Kier molecular flexibility index (Phi) is 10.6. The maximum atomic E-state index is 13.4. The van der Waals surface area contributed by atoms with Crippen molar-refractivity contribution in [3.8, 4) is 5.69 Å². The van der Waals surface area contributed by atoms with Crippen LogP contribution in [0.25, 0.3) is 5.69 Å². The van der Waals surface area contributed by atoms with Crippen LogP contribution in [0.4, 0.5) is 32.0 Å². The standard InChI is InChI=1S/C30H27F6IN6O4S/c1-16-10-17(14-42-27(46)43(41-40-42)20-12-18(29(31,32)33)11-19(13-20)30(34,35)36)8-9-23(16)38-25(44)21-6-5-7-22(37)24(21)26(45)39-28(2,3)15-48(4)47/h5-13H,14-15H2,1-4H3,(H,38,44)(H,39,45). The highest BCUT2D eigenvalue weighted by molar-refractivity contribution is 14.1. The zero-order valence-corrected chi connectivity index (χ0v) is 28.6. The fourth-order valence-corrected chi connectivity index (χ4v) is 6.61. The summed E-state index contributed by atoms with van der Waals surface area (Å²) in [5.74, 6) is -0.919. The van der Waals surface area contributed by atoms with Gasteiger partial charge in [-0.3, -0.25) is 13.8 Å². The molecule has 0 aliphatic carbocycles. The summed E-state index contributed by atoms with van der Waals surface area (Å²) < 4.78 is 93.2. The third-order valence-electron chi connectivity index (χ3n) is 6.83. The number of rotatable bonds is 9. The Hall–Kier alpha value is -4.07. The number of tetrazole rings is 1. The number of alkyl halides is 6. The Labute approximate surface area is 285 Å². The van der Waals surface area contributed by atoms with E-state index in [1.165, 1.54) is 24.5 Å². The fraction of sp³-hybridized carbons (Fsp3) is 0.300. The predicted molar refractivity (Wildman–Crippen MR) is 173 cm³/mol. The molecule has 3 aromatic carbocycles. The molecule has 1 atom stereocenters. The van der Waals surface area contributed by atoms with Crippen LogP contribution in [0.1, 0.15) is 56.8 Å². The van der Waals surface area contributed by atoms with Crippen molar-refractivity contribution in [3.05, 3.63) is 102 Å². The van der Waals surface area contributed by atoms with E-state index in [4.69, 9.17) is 0 Å². The summed E-state index contributed by atoms with van der Waals surface area (Å²) >= 11 is 1.94. The van der Waals surface area contributed by atoms with Crippen LogP contribution in [0.15, 0.2) is 59.4 Å². The quantitative estimate of drug-likeness (QED) is 0.168. The third-order valence-corrected chi connectivity index (χ3v) is 8.86. The number of hydrogen-bond acceptors (Lipinski definition) is 6. The third kappa shape index (κ3) is 8.69. The topological polar surface area (TPSA) is 128 Å². The second-order valence-electron chi connectivity index (χ2n) is 11.4. The van der Waals surface area contributed by atoms with Gasteiger partial charge in [-0.05, 0) is 101 Å². The van der Waals surface area contributed by atoms with E-state index >= 15 is 0 Å². The Balaban J connectivity index is 1.56. The second kappa shape index (κ2) is 13.8. The van der Waals surface area contributed by atoms with Crippen LogP contribution in [-0.4, -0.2) is 53.4 Å². The van der Waals surface area contributed by atoms with E-state index in [1.807, 2.05) is 22.6 Å². The molecule has 0 bridgehead atoms. The average Bonchev–Trinajstić information content (AvgIpc) is 3.31. The van der Waals surface area contributed by atoms with Gasteiger partial charge in [0.1, 0.15) is 0 Å². The van der Waals surface area contributed by atoms with Gasteiger partial charge in [0.2, 0.25) is 0 Å². The van der Waals surface area contributed by atoms with E-state index in [2.05, 4.69) is 21.1 Å². The van der Waals surface area contributed by atoms with Crippen molar-refractivity contribution in [2.24, 2.45) is 0 Å². The lowest BCUT2D eigenvalue weighted by Crippen LogP contribution is -2.47. The number of hydrogen-bond donors (Lipinski definition) is 2. The van der Waals surface area contributed by atoms with Gasteiger partial charge in [0.25, 0.3) is 11.8 Å². The number of carbonyl (C=O) groups excluding carboxylic acids is 2. The van der Waals surface area contributed by atoms with E-state index < -0.39 is 63.0 Å². The molecule has 10 nitrogen and oxygen atoms in total. The number of amides is 2. The van der Waals surface area contributed by atoms with Gasteiger partial charge in [-0.2, -0.15) is 35.7 Å². The Morgan fingerprint density at radius 2 is 1.54 bits per heavy atom. The lowest BCUT2D eigenvalue weighted by atomic mass is 10.0. The first-order chi connectivity index (χ1) is 22.2. The van der Waals surface area contributed by atoms with Gasteiger partial charge in [0, 0.05) is 37.6 Å². The number of aromatic nitrogens is 4. The largest absolute Gasteiger partial charge is 0.416 e. The number of benzene rings is 3. The molecule has 1 unspecified atom stereocenters. The first-order valence-electron chi connectivity index (χ1n) is 13.8. The van der Waals surface area contributed by atoms with Crippen molar-refractivity contribution in [1.82, 2.24) is 25.1 Å². The van der Waals surface area contributed by atoms with Crippen molar-refractivity contribution in [3.63, 3.8) is 0 Å². The molecule has 4 rings (SSSR count). The van der Waals surface area contributed by atoms with Crippen LogP contribution in [0, 0.1) is 10.5 Å². The lowest BCUT2D eigenvalue weighted by molar-refractivity contribution is -0.143. The van der Waals surface area contributed by atoms with Gasteiger partial charge in [-0.1, -0.05) is 18.2 Å². The second-order valence-corrected chi connectivity index (χ2v) is 14.0. The van der Waals surface area contributed by atoms with Crippen LogP contribution < -0.4 is 16.3 Å². The van der Waals surface area contributed by atoms with E-state index in [0.29, 0.717) is 37.2 Å². The molecule has 4 aromatic rings. The number of nitrogens with one attached hydrogen (secondary N) is 2. The Morgan fingerprint density at radius 1 is 0.917 bits per heavy atom. The van der Waals surface area contributed by atoms with Crippen molar-refractivity contribution >= 4 is 50.9 Å². The van der Waals surface area contributed by atoms with E-state index in [9.17, 15) is 44.9 Å². The fourth-order valence-electron chi connectivity index (χ4n) is 4.78. The molecule has 2 N–H and O–H groups in total. The summed E-state index contributed by atoms with van der Waals surface area (Å²) in [6, 6.07) is 10.1. The number of halogens is 7. The first kappa shape index (κ1) is 36.8. The highest BCUT2D eigenvalue weighted by atomic mass is 127. The monoisotopic (exact) mass is 808 g/mol. The first-order valence-corrected chi connectivity index (χ1v) is 16.6. The molecule has 1 heterocycles. The highest BCUT2D eigenvalue weighted by Crippen LogP contribution is 2.37. The average molecular weight is 809 g/mol. The van der Waals surface area contributed by atoms with Gasteiger partial charge in [-0.25, -0.2) is 4.79 Å². The number of aryl methyl sites for hydroxylation is 1. The summed E-state index contributed by atoms with van der Waals surface area (Å²) in [7, 11) is -1.19. The van der Waals surface area contributed by atoms with Gasteiger partial charge in [0.15, 0.2) is 0 Å². The van der Waals surface area contributed by atoms with Gasteiger partial charge >= 0.3 is 18.0 Å². The number of carbonyl (C=O) groups is 2. The predicted octanol–water partition coefficient (Wildman–Crippen LogP) is 5.57. The molecule has 0 aliphatic heterocycles. The maximum absolute atomic E-state index is 13.4. The maximum Gasteiger partial charge on any atom is 0.416 e. The van der Waals surface area contributed by atoms with E-state index in [-0.39, 0.29) is 29.5 Å². The summed E-state index contributed by atoms with van der Waals surface area (Å²) in [5.41, 5.74) is -4.35. The zero-order chi connectivity index (χ0) is 35.8. The van der Waals surface area contributed by atoms with Crippen LogP contribution in [0.2, 0.25) is 0 Å². The summed E-state index contributed by atoms with van der Waals surface area (Å²) in [6.45, 7) is 4.83. The minimum Gasteiger partial charge on any atom is -0.346 e. The molecule has 0 aliphatic rings. The van der Waals surface area contributed by atoms with Crippen LogP contribution in [0.5, 0.6) is 0 Å². The molecule has 0 spiro atoms. The number of nitrogens with zero attached hydrogens (tertiary/aromatic N) is 4. The highest BCUT2D eigenvalue weighted by Gasteiger charge is 2.37. The van der Waals surface area contributed by atoms with Crippen molar-refractivity contribution < 1.29 is 40.1 Å². The molecule has 0 radical (unpaired) electrons. The molecule has 0 saturated carbocycles. The van der Waals surface area contributed by atoms with Crippen LogP contribution >= 0.6 is 22.6 Å². The van der Waals surface area contributed by atoms with E-state index in [1.54, 1.807) is 39.0 Å². The van der Waals surface area contributed by atoms with Crippen LogP contribution in [-0.2, 0) is 29.7 Å². The number of anilines is 1. The van der Waals surface area contributed by atoms with Gasteiger partial charge in [0.05, 0.1) is 34.5 Å². The molecule has 18 heteroatoms. The summed E-state index contributed by atoms with van der Waals surface area (Å²) in [4.78, 5) is 39.5. The van der Waals surface area contributed by atoms with Crippen molar-refractivity contribution in [2.45, 2.75) is 45.2 Å². The smallest absolute Gasteiger partial charge is 0.346 e. The van der Waals surface area contributed by atoms with Gasteiger partial charge < -0.3 is 10.6 Å². The zero-order valence-electron chi connectivity index (χ0n) is 25.6. The van der Waals surface area contributed by atoms with Crippen molar-refractivity contribution in [1.29, 1.82) is 0 Å². The van der Waals surface area contributed by atoms with Gasteiger partial charge in [-0.15, -0.1) is 0 Å². The summed E-state index contributed by atoms with van der Waals surface area (Å²) in [6.07, 6.45) is -8.72. The SMILES string of the molecule is Cc1cc(Cn2nnn(-c3cc(C(F)(F)F)cc(C(F)(F)F)c3)c2=O)ccc1NC(=O)c1cccc(I)c1C(=O)NC(C)(C)CS(C)=O. The molecule has 0 fully saturated rings. The Morgan fingerprint density at radius 3 is 2.10 bits per heavy atom. The molecule has 48 heavy (non-hydrogen) atoms. The minimum absolute atomic E-state index is 0.0608. The molecule has 2 amide bonds. The molecule has 256 valence electrons. The molecule has 1 aromatic heterocycles. The normalized spacial score (nSPS) is 12.9. The lowest BCUT2D eigenvalue weighted by Gasteiger charge is -2.26. The van der Waals surface area contributed by atoms with E-state index in [0.717, 1.165) is 4.68 Å². The Bertz CT molecular complexity index is 1940. The minimum atomic E-state index is -5.12. The summed E-state index contributed by atoms with van der Waals surface area (Å²) in [5, 5.41) is 12.7.